The molecule has 0 radical (unpaired) electrons. The molecule has 5 heteroatoms. The number of benzene rings is 1. The monoisotopic (exact) mass is 384 g/mol. The quantitative estimate of drug-likeness (QED) is 0.448. The molecule has 98 valence electrons. The zero-order valence-electron chi connectivity index (χ0n) is 10.4. The lowest BCUT2D eigenvalue weighted by atomic mass is 10.4. The summed E-state index contributed by atoms with van der Waals surface area (Å²) in [6.07, 6.45) is 5.07. The summed E-state index contributed by atoms with van der Waals surface area (Å²) in [4.78, 5) is 5.07. The fraction of sp³-hybridized carbons (Fsp3) is 0.0714. The summed E-state index contributed by atoms with van der Waals surface area (Å²) in [5.41, 5.74) is 1.02. The van der Waals surface area contributed by atoms with Gasteiger partial charge in [-0.2, -0.15) is 0 Å². The van der Waals surface area contributed by atoms with E-state index >= 15 is 0 Å². The second-order valence-corrected chi connectivity index (χ2v) is 6.35. The fourth-order valence-electron chi connectivity index (χ4n) is 1.59. The Morgan fingerprint density at radius 1 is 1.37 bits per heavy atom. The molecule has 3 nitrogen and oxygen atoms in total. The molecule has 0 aliphatic carbocycles. The number of aromatic nitrogens is 1. The van der Waals surface area contributed by atoms with Crippen LogP contribution in [0.2, 0.25) is 0 Å². The summed E-state index contributed by atoms with van der Waals surface area (Å²) < 4.78 is 15.3. The molecule has 0 spiro atoms. The van der Waals surface area contributed by atoms with Crippen LogP contribution in [0, 0.1) is 10.5 Å². The van der Waals surface area contributed by atoms with E-state index in [9.17, 15) is 4.55 Å². The third-order valence-corrected chi connectivity index (χ3v) is 4.96. The van der Waals surface area contributed by atoms with E-state index in [0.29, 0.717) is 5.82 Å². The number of aliphatic imine (C=N–C) groups is 1. The zero-order chi connectivity index (χ0) is 13.8. The normalized spacial score (nSPS) is 12.8. The van der Waals surface area contributed by atoms with Crippen molar-refractivity contribution < 1.29 is 4.55 Å². The van der Waals surface area contributed by atoms with Crippen LogP contribution in [-0.4, -0.2) is 14.7 Å². The second kappa shape index (κ2) is 6.40. The van der Waals surface area contributed by atoms with Gasteiger partial charge < -0.3 is 4.55 Å². The molecule has 0 fully saturated rings. The van der Waals surface area contributed by atoms with Crippen LogP contribution in [-0.2, 0) is 11.4 Å². The molecule has 19 heavy (non-hydrogen) atoms. The lowest BCUT2D eigenvalue weighted by Gasteiger charge is -2.11. The largest absolute Gasteiger partial charge is 0.587 e. The van der Waals surface area contributed by atoms with Crippen LogP contribution in [0.25, 0.3) is 0 Å². The first-order chi connectivity index (χ1) is 9.15. The Labute approximate surface area is 129 Å². The lowest BCUT2D eigenvalue weighted by molar-refractivity contribution is 0.587. The molecule has 0 N–H and O–H groups in total. The van der Waals surface area contributed by atoms with Gasteiger partial charge >= 0.3 is 0 Å². The highest BCUT2D eigenvalue weighted by Gasteiger charge is 2.21. The van der Waals surface area contributed by atoms with Gasteiger partial charge in [0.2, 0.25) is 0 Å². The van der Waals surface area contributed by atoms with E-state index in [4.69, 9.17) is 0 Å². The van der Waals surface area contributed by atoms with Crippen molar-refractivity contribution in [3.63, 3.8) is 0 Å². The molecule has 0 aliphatic heterocycles. The third-order valence-electron chi connectivity index (χ3n) is 2.56. The van der Waals surface area contributed by atoms with E-state index in [2.05, 4.69) is 34.2 Å². The topological polar surface area (TPSA) is 40.3 Å². The first kappa shape index (κ1) is 14.4. The number of nitrogens with zero attached hydrogens (tertiary/aromatic N) is 2. The number of allylic oxidation sites excluding steroid dienone is 1. The molecule has 0 bridgehead atoms. The predicted octanol–water partition coefficient (Wildman–Crippen LogP) is 3.86. The maximum atomic E-state index is 12.6. The molecule has 1 aromatic carbocycles. The summed E-state index contributed by atoms with van der Waals surface area (Å²) in [6, 6.07) is 9.35. The van der Waals surface area contributed by atoms with Gasteiger partial charge in [-0.05, 0) is 41.6 Å². The summed E-state index contributed by atoms with van der Waals surface area (Å²) in [5.74, 6) is 0.700. The zero-order valence-corrected chi connectivity index (χ0v) is 13.4. The highest BCUT2D eigenvalue weighted by molar-refractivity contribution is 14.1. The molecule has 2 aromatic rings. The minimum absolute atomic E-state index is 0.700. The molecule has 1 aromatic heterocycles. The Hall–Kier alpha value is -1.05. The standard InChI is InChI=1S/C14H13IN2OS/c1-3-9-16-14-11(2)13(15)10-17(14)19(18)12-7-5-4-6-8-12/h3-10H,1H2,2H3. The molecule has 0 saturated carbocycles. The van der Waals surface area contributed by atoms with Crippen LogP contribution in [0.3, 0.4) is 0 Å². The van der Waals surface area contributed by atoms with E-state index in [1.807, 2.05) is 43.5 Å². The average Bonchev–Trinajstić information content (AvgIpc) is 2.73. The van der Waals surface area contributed by atoms with E-state index in [-0.39, 0.29) is 0 Å². The maximum Gasteiger partial charge on any atom is 0.183 e. The summed E-state index contributed by atoms with van der Waals surface area (Å²) in [6.45, 7) is 5.58. The van der Waals surface area contributed by atoms with Crippen molar-refractivity contribution in [1.82, 2.24) is 3.97 Å². The molecule has 0 amide bonds. The predicted molar refractivity (Wildman–Crippen MR) is 88.5 cm³/mol. The van der Waals surface area contributed by atoms with Crippen LogP contribution >= 0.6 is 22.6 Å². The fourth-order valence-corrected chi connectivity index (χ4v) is 3.46. The van der Waals surface area contributed by atoms with Gasteiger partial charge in [0.1, 0.15) is 11.4 Å². The van der Waals surface area contributed by atoms with Gasteiger partial charge in [0, 0.05) is 15.3 Å². The first-order valence-corrected chi connectivity index (χ1v) is 7.83. The third kappa shape index (κ3) is 3.10. The Balaban J connectivity index is 2.47. The van der Waals surface area contributed by atoms with Gasteiger partial charge in [-0.3, -0.25) is 0 Å². The van der Waals surface area contributed by atoms with Crippen LogP contribution < -0.4 is 0 Å². The second-order valence-electron chi connectivity index (χ2n) is 3.83. The molecular formula is C14H13IN2OS. The molecule has 2 rings (SSSR count). The first-order valence-electron chi connectivity index (χ1n) is 5.65. The minimum Gasteiger partial charge on any atom is -0.587 e. The molecule has 1 atom stereocenters. The summed E-state index contributed by atoms with van der Waals surface area (Å²) in [5, 5.41) is 0. The summed E-state index contributed by atoms with van der Waals surface area (Å²) in [7, 11) is 0. The number of hydrogen-bond acceptors (Lipinski definition) is 2. The molecule has 0 aliphatic rings. The van der Waals surface area contributed by atoms with Gasteiger partial charge in [-0.25, -0.2) is 4.99 Å². The van der Waals surface area contributed by atoms with Crippen LogP contribution in [0.1, 0.15) is 5.56 Å². The van der Waals surface area contributed by atoms with Crippen molar-refractivity contribution >= 4 is 46.0 Å². The molecule has 0 saturated heterocycles. The van der Waals surface area contributed by atoms with E-state index < -0.39 is 11.4 Å². The summed E-state index contributed by atoms with van der Waals surface area (Å²) >= 11 is 0.933. The highest BCUT2D eigenvalue weighted by atomic mass is 127. The number of rotatable bonds is 4. The highest BCUT2D eigenvalue weighted by Crippen LogP contribution is 2.29. The van der Waals surface area contributed by atoms with Crippen molar-refractivity contribution in [3.8, 4) is 0 Å². The Morgan fingerprint density at radius 3 is 2.68 bits per heavy atom. The van der Waals surface area contributed by atoms with E-state index in [1.165, 1.54) is 0 Å². The van der Waals surface area contributed by atoms with Crippen molar-refractivity contribution in [2.45, 2.75) is 11.8 Å². The van der Waals surface area contributed by atoms with Gasteiger partial charge in [0.05, 0.1) is 6.20 Å². The maximum absolute atomic E-state index is 12.6. The molecule has 1 unspecified atom stereocenters. The van der Waals surface area contributed by atoms with E-state index in [1.54, 1.807) is 16.3 Å². The van der Waals surface area contributed by atoms with Crippen molar-refractivity contribution in [3.05, 3.63) is 58.3 Å². The van der Waals surface area contributed by atoms with Crippen molar-refractivity contribution in [1.29, 1.82) is 0 Å². The Kier molecular flexibility index (Phi) is 4.84. The van der Waals surface area contributed by atoms with Gasteiger partial charge in [0.25, 0.3) is 0 Å². The van der Waals surface area contributed by atoms with E-state index in [0.717, 1.165) is 14.0 Å². The van der Waals surface area contributed by atoms with Crippen LogP contribution in [0.5, 0.6) is 0 Å². The van der Waals surface area contributed by atoms with Crippen LogP contribution in [0.15, 0.2) is 59.1 Å². The van der Waals surface area contributed by atoms with Crippen molar-refractivity contribution in [2.75, 3.05) is 0 Å². The number of halogens is 1. The number of hydrogen-bond donors (Lipinski definition) is 0. The molecular weight excluding hydrogens is 371 g/mol. The van der Waals surface area contributed by atoms with Crippen LogP contribution in [0.4, 0.5) is 5.82 Å². The van der Waals surface area contributed by atoms with Gasteiger partial charge in [0.15, 0.2) is 10.7 Å². The average molecular weight is 384 g/mol. The Bertz CT molecular complexity index is 607. The van der Waals surface area contributed by atoms with Gasteiger partial charge in [-0.15, -0.1) is 3.97 Å². The van der Waals surface area contributed by atoms with Crippen molar-refractivity contribution in [2.24, 2.45) is 4.99 Å². The van der Waals surface area contributed by atoms with Gasteiger partial charge in [-0.1, -0.05) is 30.9 Å². The molecule has 1 heterocycles. The smallest absolute Gasteiger partial charge is 0.183 e. The lowest BCUT2D eigenvalue weighted by Crippen LogP contribution is -2.11. The minimum atomic E-state index is -1.29. The Morgan fingerprint density at radius 2 is 2.05 bits per heavy atom. The SMILES string of the molecule is C=CC=Nc1c(C)c(I)cn1[S+]([O-])c1ccccc1.